The molecule has 1 aromatic heterocycles. The Hall–Kier alpha value is -1.39. The average molecular weight is 263 g/mol. The molecule has 4 heteroatoms. The van der Waals surface area contributed by atoms with Gasteiger partial charge in [-0.25, -0.2) is 4.98 Å². The quantitative estimate of drug-likeness (QED) is 0.901. The summed E-state index contributed by atoms with van der Waals surface area (Å²) in [7, 11) is 1.63. The zero-order valence-corrected chi connectivity index (χ0v) is 11.4. The van der Waals surface area contributed by atoms with Crippen molar-refractivity contribution in [3.63, 3.8) is 0 Å². The fraction of sp³-hybridized carbons (Fsp3) is 0.357. The summed E-state index contributed by atoms with van der Waals surface area (Å²) < 4.78 is 5.15. The van der Waals surface area contributed by atoms with Gasteiger partial charge in [-0.3, -0.25) is 0 Å². The van der Waals surface area contributed by atoms with Crippen LogP contribution in [0.2, 0.25) is 0 Å². The molecular formula is C14H17NO2S. The molecule has 3 nitrogen and oxygen atoms in total. The highest BCUT2D eigenvalue weighted by Gasteiger charge is 2.10. The molecule has 0 aliphatic carbocycles. The summed E-state index contributed by atoms with van der Waals surface area (Å²) in [4.78, 5) is 4.39. The number of rotatable bonds is 5. The number of aryl methyl sites for hydroxylation is 2. The van der Waals surface area contributed by atoms with E-state index < -0.39 is 6.10 Å². The number of aromatic nitrogens is 1. The highest BCUT2D eigenvalue weighted by Crippen LogP contribution is 2.23. The highest BCUT2D eigenvalue weighted by atomic mass is 32.1. The molecule has 0 spiro atoms. The summed E-state index contributed by atoms with van der Waals surface area (Å²) in [6, 6.07) is 7.56. The summed E-state index contributed by atoms with van der Waals surface area (Å²) in [5.41, 5.74) is 1.94. The summed E-state index contributed by atoms with van der Waals surface area (Å²) in [5, 5.41) is 13.2. The number of ether oxygens (including phenoxy) is 1. The second kappa shape index (κ2) is 5.98. The van der Waals surface area contributed by atoms with Crippen LogP contribution in [0.15, 0.2) is 29.6 Å². The molecule has 0 saturated carbocycles. The number of nitrogens with zero attached hydrogens (tertiary/aromatic N) is 1. The molecule has 1 unspecified atom stereocenters. The molecule has 0 aliphatic heterocycles. The number of hydrogen-bond acceptors (Lipinski definition) is 4. The molecule has 0 fully saturated rings. The van der Waals surface area contributed by atoms with E-state index in [9.17, 15) is 5.11 Å². The average Bonchev–Trinajstić information content (AvgIpc) is 2.82. The number of benzene rings is 1. The molecule has 1 atom stereocenters. The number of thiazole rings is 1. The zero-order chi connectivity index (χ0) is 13.0. The first kappa shape index (κ1) is 13.1. The van der Waals surface area contributed by atoms with Crippen molar-refractivity contribution < 1.29 is 9.84 Å². The van der Waals surface area contributed by atoms with Crippen molar-refractivity contribution in [2.24, 2.45) is 0 Å². The Morgan fingerprint density at radius 2 is 2.28 bits per heavy atom. The van der Waals surface area contributed by atoms with Gasteiger partial charge in [0.2, 0.25) is 0 Å². The van der Waals surface area contributed by atoms with E-state index in [1.165, 1.54) is 0 Å². The van der Waals surface area contributed by atoms with Gasteiger partial charge in [0.15, 0.2) is 0 Å². The largest absolute Gasteiger partial charge is 0.497 e. The minimum Gasteiger partial charge on any atom is -0.497 e. The standard InChI is InChI=1S/C14H17NO2S/c1-10-9-18-14(15-10)7-6-13(16)11-4-3-5-12(8-11)17-2/h3-5,8-9,13,16H,6-7H2,1-2H3. The highest BCUT2D eigenvalue weighted by molar-refractivity contribution is 7.09. The minimum atomic E-state index is -0.468. The van der Waals surface area contributed by atoms with Crippen molar-refractivity contribution in [1.82, 2.24) is 4.98 Å². The van der Waals surface area contributed by atoms with Crippen molar-refractivity contribution in [1.29, 1.82) is 0 Å². The molecular weight excluding hydrogens is 246 g/mol. The molecule has 0 bridgehead atoms. The van der Waals surface area contributed by atoms with Gasteiger partial charge in [0.25, 0.3) is 0 Å². The third-order valence-corrected chi connectivity index (χ3v) is 3.80. The van der Waals surface area contributed by atoms with Gasteiger partial charge in [-0.05, 0) is 31.0 Å². The maximum Gasteiger partial charge on any atom is 0.119 e. The predicted octanol–water partition coefficient (Wildman–Crippen LogP) is 3.13. The van der Waals surface area contributed by atoms with Gasteiger partial charge in [-0.15, -0.1) is 11.3 Å². The Balaban J connectivity index is 1.96. The van der Waals surface area contributed by atoms with Crippen LogP contribution in [-0.2, 0) is 6.42 Å². The minimum absolute atomic E-state index is 0.468. The van der Waals surface area contributed by atoms with Gasteiger partial charge >= 0.3 is 0 Å². The maximum absolute atomic E-state index is 10.1. The molecule has 1 aromatic carbocycles. The fourth-order valence-corrected chi connectivity index (χ4v) is 2.58. The number of hydrogen-bond donors (Lipinski definition) is 1. The molecule has 2 rings (SSSR count). The molecule has 96 valence electrons. The van der Waals surface area contributed by atoms with Crippen molar-refractivity contribution in [2.75, 3.05) is 7.11 Å². The molecule has 18 heavy (non-hydrogen) atoms. The zero-order valence-electron chi connectivity index (χ0n) is 10.6. The van der Waals surface area contributed by atoms with E-state index in [2.05, 4.69) is 4.98 Å². The lowest BCUT2D eigenvalue weighted by atomic mass is 10.0. The number of aliphatic hydroxyl groups excluding tert-OH is 1. The van der Waals surface area contributed by atoms with Crippen LogP contribution in [0.5, 0.6) is 5.75 Å². The molecule has 2 aromatic rings. The number of aliphatic hydroxyl groups is 1. The van der Waals surface area contributed by atoms with Crippen molar-refractivity contribution in [3.8, 4) is 5.75 Å². The molecule has 0 saturated heterocycles. The molecule has 0 aliphatic rings. The fourth-order valence-electron chi connectivity index (χ4n) is 1.79. The topological polar surface area (TPSA) is 42.4 Å². The Bertz CT molecular complexity index is 510. The van der Waals surface area contributed by atoms with Gasteiger partial charge in [0.05, 0.1) is 18.2 Å². The summed E-state index contributed by atoms with van der Waals surface area (Å²) in [6.45, 7) is 1.98. The third-order valence-electron chi connectivity index (χ3n) is 2.78. The Labute approximate surface area is 111 Å². The maximum atomic E-state index is 10.1. The molecule has 1 heterocycles. The van der Waals surface area contributed by atoms with Gasteiger partial charge in [-0.1, -0.05) is 12.1 Å². The number of methoxy groups -OCH3 is 1. The lowest BCUT2D eigenvalue weighted by Gasteiger charge is -2.11. The Morgan fingerprint density at radius 1 is 1.44 bits per heavy atom. The molecule has 0 radical (unpaired) electrons. The van der Waals surface area contributed by atoms with E-state index in [1.54, 1.807) is 18.4 Å². The Kier molecular flexibility index (Phi) is 4.33. The second-order valence-electron chi connectivity index (χ2n) is 4.21. The summed E-state index contributed by atoms with van der Waals surface area (Å²) in [5.74, 6) is 0.775. The first-order valence-corrected chi connectivity index (χ1v) is 6.80. The van der Waals surface area contributed by atoms with Gasteiger partial charge in [0, 0.05) is 17.5 Å². The van der Waals surface area contributed by atoms with Crippen LogP contribution in [0.1, 0.15) is 28.8 Å². The monoisotopic (exact) mass is 263 g/mol. The Morgan fingerprint density at radius 3 is 2.94 bits per heavy atom. The normalized spacial score (nSPS) is 12.4. The van der Waals surface area contributed by atoms with E-state index in [1.807, 2.05) is 36.6 Å². The van der Waals surface area contributed by atoms with Gasteiger partial charge in [0.1, 0.15) is 5.75 Å². The van der Waals surface area contributed by atoms with Crippen LogP contribution in [-0.4, -0.2) is 17.2 Å². The second-order valence-corrected chi connectivity index (χ2v) is 5.16. The van der Waals surface area contributed by atoms with E-state index >= 15 is 0 Å². The smallest absolute Gasteiger partial charge is 0.119 e. The predicted molar refractivity (Wildman–Crippen MR) is 73.1 cm³/mol. The summed E-state index contributed by atoms with van der Waals surface area (Å²) in [6.07, 6.45) is 1.01. The molecule has 0 amide bonds. The van der Waals surface area contributed by atoms with Crippen LogP contribution in [0, 0.1) is 6.92 Å². The first-order chi connectivity index (χ1) is 8.69. The van der Waals surface area contributed by atoms with Crippen LogP contribution in [0.4, 0.5) is 0 Å². The first-order valence-electron chi connectivity index (χ1n) is 5.92. The van der Waals surface area contributed by atoms with E-state index in [0.717, 1.165) is 28.4 Å². The molecule has 1 N–H and O–H groups in total. The van der Waals surface area contributed by atoms with E-state index in [-0.39, 0.29) is 0 Å². The van der Waals surface area contributed by atoms with Gasteiger partial charge in [-0.2, -0.15) is 0 Å². The van der Waals surface area contributed by atoms with Crippen molar-refractivity contribution in [3.05, 3.63) is 45.9 Å². The third kappa shape index (κ3) is 3.31. The van der Waals surface area contributed by atoms with Crippen LogP contribution in [0.3, 0.4) is 0 Å². The van der Waals surface area contributed by atoms with E-state index in [4.69, 9.17) is 4.74 Å². The van der Waals surface area contributed by atoms with Crippen LogP contribution < -0.4 is 4.74 Å². The van der Waals surface area contributed by atoms with Crippen LogP contribution >= 0.6 is 11.3 Å². The summed E-state index contributed by atoms with van der Waals surface area (Å²) >= 11 is 1.65. The van der Waals surface area contributed by atoms with Crippen molar-refractivity contribution >= 4 is 11.3 Å². The lowest BCUT2D eigenvalue weighted by molar-refractivity contribution is 0.167. The van der Waals surface area contributed by atoms with E-state index in [0.29, 0.717) is 6.42 Å². The SMILES string of the molecule is COc1cccc(C(O)CCc2nc(C)cs2)c1. The van der Waals surface area contributed by atoms with Crippen LogP contribution in [0.25, 0.3) is 0 Å². The lowest BCUT2D eigenvalue weighted by Crippen LogP contribution is -2.00. The van der Waals surface area contributed by atoms with Gasteiger partial charge < -0.3 is 9.84 Å². The van der Waals surface area contributed by atoms with Crippen molar-refractivity contribution in [2.45, 2.75) is 25.9 Å².